The lowest BCUT2D eigenvalue weighted by Gasteiger charge is -2.25. The molecule has 1 amide bonds. The Kier molecular flexibility index (Phi) is 5.67. The van der Waals surface area contributed by atoms with Crippen LogP contribution in [0.25, 0.3) is 0 Å². The van der Waals surface area contributed by atoms with E-state index in [1.165, 1.54) is 0 Å². The number of carbonyl (C=O) groups is 1. The maximum Gasteiger partial charge on any atom is 0.222 e. The summed E-state index contributed by atoms with van der Waals surface area (Å²) in [7, 11) is 1.66. The van der Waals surface area contributed by atoms with Gasteiger partial charge in [0.25, 0.3) is 0 Å². The van der Waals surface area contributed by atoms with E-state index < -0.39 is 0 Å². The average Bonchev–Trinajstić information content (AvgIpc) is 3.29. The highest BCUT2D eigenvalue weighted by atomic mass is 35.5. The molecule has 2 aliphatic rings. The van der Waals surface area contributed by atoms with Crippen molar-refractivity contribution in [3.63, 3.8) is 0 Å². The minimum atomic E-state index is -0.168. The zero-order valence-electron chi connectivity index (χ0n) is 12.8. The van der Waals surface area contributed by atoms with Crippen LogP contribution in [0.1, 0.15) is 24.8 Å². The molecular formula is C16H23ClN2O3. The molecule has 0 bridgehead atoms. The van der Waals surface area contributed by atoms with E-state index in [4.69, 9.17) is 9.47 Å². The minimum Gasteiger partial charge on any atom is -0.497 e. The van der Waals surface area contributed by atoms with Gasteiger partial charge in [-0.3, -0.25) is 4.79 Å². The Hall–Kier alpha value is -1.30. The summed E-state index contributed by atoms with van der Waals surface area (Å²) < 4.78 is 10.6. The summed E-state index contributed by atoms with van der Waals surface area (Å²) in [6.45, 7) is 2.17. The van der Waals surface area contributed by atoms with E-state index in [2.05, 4.69) is 10.6 Å². The molecule has 1 aliphatic carbocycles. The Morgan fingerprint density at radius 3 is 2.68 bits per heavy atom. The van der Waals surface area contributed by atoms with Crippen molar-refractivity contribution >= 4 is 18.3 Å². The van der Waals surface area contributed by atoms with Gasteiger partial charge in [0.05, 0.1) is 25.9 Å². The molecule has 122 valence electrons. The predicted octanol–water partition coefficient (Wildman–Crippen LogP) is 1.60. The standard InChI is InChI=1S/C16H22N2O3.ClH/c1-20-14-4-2-12(3-5-14)16(6-7-16)18-15(19)10-13-11-21-9-8-17-13;/h2-5,13,17H,6-11H2,1H3,(H,18,19);1H. The van der Waals surface area contributed by atoms with Crippen molar-refractivity contribution in [3.8, 4) is 5.75 Å². The third kappa shape index (κ3) is 3.91. The van der Waals surface area contributed by atoms with E-state index in [1.54, 1.807) is 7.11 Å². The zero-order valence-corrected chi connectivity index (χ0v) is 13.6. The number of halogens is 1. The van der Waals surface area contributed by atoms with Crippen LogP contribution >= 0.6 is 12.4 Å². The Morgan fingerprint density at radius 1 is 1.41 bits per heavy atom. The van der Waals surface area contributed by atoms with Gasteiger partial charge in [-0.05, 0) is 30.5 Å². The number of hydrogen-bond acceptors (Lipinski definition) is 4. The molecule has 2 fully saturated rings. The smallest absolute Gasteiger partial charge is 0.222 e. The average molecular weight is 327 g/mol. The molecule has 1 aromatic rings. The van der Waals surface area contributed by atoms with Gasteiger partial charge < -0.3 is 20.1 Å². The van der Waals surface area contributed by atoms with E-state index >= 15 is 0 Å². The van der Waals surface area contributed by atoms with Gasteiger partial charge in [-0.25, -0.2) is 0 Å². The van der Waals surface area contributed by atoms with E-state index in [0.29, 0.717) is 13.0 Å². The molecule has 5 nitrogen and oxygen atoms in total. The first kappa shape index (κ1) is 17.1. The fraction of sp³-hybridized carbons (Fsp3) is 0.562. The molecule has 22 heavy (non-hydrogen) atoms. The highest BCUT2D eigenvalue weighted by Crippen LogP contribution is 2.45. The van der Waals surface area contributed by atoms with Crippen LogP contribution in [0.4, 0.5) is 0 Å². The van der Waals surface area contributed by atoms with Crippen LogP contribution in [0.5, 0.6) is 5.75 Å². The largest absolute Gasteiger partial charge is 0.497 e. The molecule has 2 N–H and O–H groups in total. The Morgan fingerprint density at radius 2 is 2.14 bits per heavy atom. The topological polar surface area (TPSA) is 59.6 Å². The van der Waals surface area contributed by atoms with Crippen LogP contribution in [-0.2, 0) is 15.1 Å². The predicted molar refractivity (Wildman–Crippen MR) is 86.5 cm³/mol. The van der Waals surface area contributed by atoms with E-state index in [-0.39, 0.29) is 29.9 Å². The molecule has 1 saturated heterocycles. The summed E-state index contributed by atoms with van der Waals surface area (Å²) in [5.74, 6) is 0.927. The fourth-order valence-corrected chi connectivity index (χ4v) is 2.81. The molecule has 1 unspecified atom stereocenters. The Bertz CT molecular complexity index is 497. The van der Waals surface area contributed by atoms with Crippen LogP contribution in [0, 0.1) is 0 Å². The van der Waals surface area contributed by atoms with Crippen molar-refractivity contribution in [1.82, 2.24) is 10.6 Å². The highest BCUT2D eigenvalue weighted by Gasteiger charge is 2.45. The molecule has 1 atom stereocenters. The number of hydrogen-bond donors (Lipinski definition) is 2. The summed E-state index contributed by atoms with van der Waals surface area (Å²) in [5.41, 5.74) is 0.989. The normalized spacial score (nSPS) is 22.3. The highest BCUT2D eigenvalue weighted by molar-refractivity contribution is 5.85. The van der Waals surface area contributed by atoms with Crippen molar-refractivity contribution in [1.29, 1.82) is 0 Å². The summed E-state index contributed by atoms with van der Waals surface area (Å²) in [6.07, 6.45) is 2.47. The molecule has 1 aromatic carbocycles. The van der Waals surface area contributed by atoms with Gasteiger partial charge in [0, 0.05) is 19.0 Å². The number of morpholine rings is 1. The molecule has 3 rings (SSSR count). The molecular weight excluding hydrogens is 304 g/mol. The molecule has 1 heterocycles. The number of methoxy groups -OCH3 is 1. The van der Waals surface area contributed by atoms with Crippen LogP contribution in [0.15, 0.2) is 24.3 Å². The first-order chi connectivity index (χ1) is 10.2. The van der Waals surface area contributed by atoms with E-state index in [9.17, 15) is 4.79 Å². The molecule has 0 spiro atoms. The van der Waals surface area contributed by atoms with Crippen molar-refractivity contribution in [3.05, 3.63) is 29.8 Å². The van der Waals surface area contributed by atoms with Crippen LogP contribution in [-0.4, -0.2) is 38.8 Å². The fourth-order valence-electron chi connectivity index (χ4n) is 2.81. The lowest BCUT2D eigenvalue weighted by molar-refractivity contribution is -0.123. The summed E-state index contributed by atoms with van der Waals surface area (Å²) in [5, 5.41) is 6.50. The molecule has 1 saturated carbocycles. The summed E-state index contributed by atoms with van der Waals surface area (Å²) in [6, 6.07) is 8.09. The maximum atomic E-state index is 12.2. The van der Waals surface area contributed by atoms with Crippen LogP contribution in [0.3, 0.4) is 0 Å². The van der Waals surface area contributed by atoms with Crippen LogP contribution < -0.4 is 15.4 Å². The zero-order chi connectivity index (χ0) is 14.7. The number of rotatable bonds is 5. The van der Waals surface area contributed by atoms with Gasteiger partial charge in [-0.15, -0.1) is 12.4 Å². The van der Waals surface area contributed by atoms with Gasteiger partial charge in [0.1, 0.15) is 5.75 Å². The number of carbonyl (C=O) groups excluding carboxylic acids is 1. The van der Waals surface area contributed by atoms with Crippen molar-refractivity contribution < 1.29 is 14.3 Å². The Balaban J connectivity index is 0.00000176. The third-order valence-electron chi connectivity index (χ3n) is 4.20. The molecule has 0 radical (unpaired) electrons. The number of benzene rings is 1. The quantitative estimate of drug-likeness (QED) is 0.863. The first-order valence-electron chi connectivity index (χ1n) is 7.48. The number of ether oxygens (including phenoxy) is 2. The van der Waals surface area contributed by atoms with Crippen LogP contribution in [0.2, 0.25) is 0 Å². The lowest BCUT2D eigenvalue weighted by atomic mass is 10.0. The van der Waals surface area contributed by atoms with Crippen molar-refractivity contribution in [2.75, 3.05) is 26.9 Å². The van der Waals surface area contributed by atoms with Gasteiger partial charge in [0.15, 0.2) is 0 Å². The molecule has 0 aromatic heterocycles. The van der Waals surface area contributed by atoms with Crippen molar-refractivity contribution in [2.45, 2.75) is 30.8 Å². The second-order valence-corrected chi connectivity index (χ2v) is 5.79. The van der Waals surface area contributed by atoms with Gasteiger partial charge in [-0.2, -0.15) is 0 Å². The van der Waals surface area contributed by atoms with E-state index in [0.717, 1.165) is 37.3 Å². The SMILES string of the molecule is COc1ccc(C2(NC(=O)CC3COCCN3)CC2)cc1.Cl. The maximum absolute atomic E-state index is 12.2. The second kappa shape index (κ2) is 7.31. The first-order valence-corrected chi connectivity index (χ1v) is 7.48. The second-order valence-electron chi connectivity index (χ2n) is 5.79. The number of amides is 1. The molecule has 6 heteroatoms. The summed E-state index contributed by atoms with van der Waals surface area (Å²) in [4.78, 5) is 12.2. The summed E-state index contributed by atoms with van der Waals surface area (Å²) >= 11 is 0. The monoisotopic (exact) mass is 326 g/mol. The minimum absolute atomic E-state index is 0. The lowest BCUT2D eigenvalue weighted by Crippen LogP contribution is -2.45. The molecule has 1 aliphatic heterocycles. The van der Waals surface area contributed by atoms with Gasteiger partial charge in [-0.1, -0.05) is 12.1 Å². The van der Waals surface area contributed by atoms with Crippen molar-refractivity contribution in [2.24, 2.45) is 0 Å². The third-order valence-corrected chi connectivity index (χ3v) is 4.20. The Labute approximate surface area is 137 Å². The number of nitrogens with one attached hydrogen (secondary N) is 2. The van der Waals surface area contributed by atoms with E-state index in [1.807, 2.05) is 24.3 Å². The van der Waals surface area contributed by atoms with Gasteiger partial charge in [0.2, 0.25) is 5.91 Å². The van der Waals surface area contributed by atoms with Gasteiger partial charge >= 0.3 is 0 Å².